The van der Waals surface area contributed by atoms with Crippen molar-refractivity contribution in [2.45, 2.75) is 39.3 Å². The molecular weight excluding hydrogens is 331 g/mol. The maximum absolute atomic E-state index is 13.9. The summed E-state index contributed by atoms with van der Waals surface area (Å²) in [5, 5.41) is 2.69. The average molecular weight is 354 g/mol. The Morgan fingerprint density at radius 3 is 2.50 bits per heavy atom. The standard InChI is InChI=1S/C21H23FN2O2/c1-14-7-8-16(11-15(14)2)21(26)23-12-20(25)24(18-9-10-18)13-17-5-3-4-6-19(17)22/h3-8,11,18H,9-10,12-13H2,1-2H3,(H,23,26). The zero-order valence-corrected chi connectivity index (χ0v) is 15.1. The third kappa shape index (κ3) is 4.28. The summed E-state index contributed by atoms with van der Waals surface area (Å²) in [6.07, 6.45) is 1.84. The normalized spacial score (nSPS) is 13.3. The number of nitrogens with zero attached hydrogens (tertiary/aromatic N) is 1. The molecule has 0 heterocycles. The van der Waals surface area contributed by atoms with Crippen LogP contribution in [0.2, 0.25) is 0 Å². The van der Waals surface area contributed by atoms with E-state index in [-0.39, 0.29) is 36.8 Å². The minimum absolute atomic E-state index is 0.0866. The molecule has 2 amide bonds. The van der Waals surface area contributed by atoms with Crippen LogP contribution in [-0.4, -0.2) is 29.3 Å². The SMILES string of the molecule is Cc1ccc(C(=O)NCC(=O)N(Cc2ccccc2F)C2CC2)cc1C. The van der Waals surface area contributed by atoms with Gasteiger partial charge in [-0.2, -0.15) is 0 Å². The largest absolute Gasteiger partial charge is 0.343 e. The number of hydrogen-bond acceptors (Lipinski definition) is 2. The second-order valence-corrected chi connectivity index (χ2v) is 6.83. The van der Waals surface area contributed by atoms with Gasteiger partial charge < -0.3 is 10.2 Å². The van der Waals surface area contributed by atoms with Gasteiger partial charge in [0.15, 0.2) is 0 Å². The summed E-state index contributed by atoms with van der Waals surface area (Å²) in [5.41, 5.74) is 3.17. The molecule has 2 aromatic rings. The Morgan fingerprint density at radius 1 is 1.12 bits per heavy atom. The van der Waals surface area contributed by atoms with E-state index in [0.29, 0.717) is 11.1 Å². The first kappa shape index (κ1) is 18.1. The van der Waals surface area contributed by atoms with E-state index in [1.165, 1.54) is 6.07 Å². The van der Waals surface area contributed by atoms with E-state index in [2.05, 4.69) is 5.32 Å². The van der Waals surface area contributed by atoms with E-state index in [1.807, 2.05) is 26.0 Å². The number of carbonyl (C=O) groups excluding carboxylic acids is 2. The number of aryl methyl sites for hydroxylation is 2. The number of hydrogen-bond donors (Lipinski definition) is 1. The van der Waals surface area contributed by atoms with Gasteiger partial charge in [-0.3, -0.25) is 9.59 Å². The molecule has 0 radical (unpaired) electrons. The van der Waals surface area contributed by atoms with Crippen LogP contribution in [0, 0.1) is 19.7 Å². The Labute approximate surface area is 153 Å². The predicted molar refractivity (Wildman–Crippen MR) is 98.2 cm³/mol. The Kier molecular flexibility index (Phi) is 5.35. The molecule has 0 aliphatic heterocycles. The fourth-order valence-electron chi connectivity index (χ4n) is 2.86. The molecule has 0 unspecified atom stereocenters. The molecule has 2 aromatic carbocycles. The highest BCUT2D eigenvalue weighted by Crippen LogP contribution is 2.28. The first-order valence-electron chi connectivity index (χ1n) is 8.84. The van der Waals surface area contributed by atoms with Crippen LogP contribution in [0.5, 0.6) is 0 Å². The summed E-state index contributed by atoms with van der Waals surface area (Å²) in [5.74, 6) is -0.777. The summed E-state index contributed by atoms with van der Waals surface area (Å²) in [6.45, 7) is 4.07. The maximum atomic E-state index is 13.9. The summed E-state index contributed by atoms with van der Waals surface area (Å²) in [4.78, 5) is 26.5. The van der Waals surface area contributed by atoms with Crippen molar-refractivity contribution in [3.8, 4) is 0 Å². The van der Waals surface area contributed by atoms with E-state index in [4.69, 9.17) is 0 Å². The van der Waals surface area contributed by atoms with Crippen LogP contribution in [0.25, 0.3) is 0 Å². The highest BCUT2D eigenvalue weighted by Gasteiger charge is 2.33. The summed E-state index contributed by atoms with van der Waals surface area (Å²) >= 11 is 0. The monoisotopic (exact) mass is 354 g/mol. The van der Waals surface area contributed by atoms with Crippen LogP contribution in [0.15, 0.2) is 42.5 Å². The van der Waals surface area contributed by atoms with E-state index < -0.39 is 0 Å². The van der Waals surface area contributed by atoms with Crippen molar-refractivity contribution in [2.75, 3.05) is 6.54 Å². The molecule has 1 aliphatic rings. The number of carbonyl (C=O) groups is 2. The number of rotatable bonds is 6. The Bertz CT molecular complexity index is 831. The van der Waals surface area contributed by atoms with Gasteiger partial charge in [-0.25, -0.2) is 4.39 Å². The highest BCUT2D eigenvalue weighted by atomic mass is 19.1. The van der Waals surface area contributed by atoms with Gasteiger partial charge in [-0.15, -0.1) is 0 Å². The topological polar surface area (TPSA) is 49.4 Å². The second-order valence-electron chi connectivity index (χ2n) is 6.83. The Balaban J connectivity index is 1.62. The van der Waals surface area contributed by atoms with Crippen molar-refractivity contribution >= 4 is 11.8 Å². The number of nitrogens with one attached hydrogen (secondary N) is 1. The van der Waals surface area contributed by atoms with Crippen LogP contribution < -0.4 is 5.32 Å². The molecule has 5 heteroatoms. The van der Waals surface area contributed by atoms with E-state index in [9.17, 15) is 14.0 Å². The summed E-state index contributed by atoms with van der Waals surface area (Å²) in [6, 6.07) is 12.1. The fraction of sp³-hybridized carbons (Fsp3) is 0.333. The van der Waals surface area contributed by atoms with E-state index >= 15 is 0 Å². The lowest BCUT2D eigenvalue weighted by molar-refractivity contribution is -0.131. The van der Waals surface area contributed by atoms with Crippen molar-refractivity contribution in [2.24, 2.45) is 0 Å². The van der Waals surface area contributed by atoms with Crippen LogP contribution in [-0.2, 0) is 11.3 Å². The van der Waals surface area contributed by atoms with Crippen molar-refractivity contribution in [3.05, 3.63) is 70.5 Å². The van der Waals surface area contributed by atoms with Gasteiger partial charge in [0, 0.05) is 23.7 Å². The third-order valence-corrected chi connectivity index (χ3v) is 4.78. The van der Waals surface area contributed by atoms with Crippen molar-refractivity contribution < 1.29 is 14.0 Å². The molecule has 0 saturated heterocycles. The number of benzene rings is 2. The average Bonchev–Trinajstić information content (AvgIpc) is 3.46. The zero-order chi connectivity index (χ0) is 18.7. The van der Waals surface area contributed by atoms with Gasteiger partial charge in [0.2, 0.25) is 5.91 Å². The lowest BCUT2D eigenvalue weighted by Gasteiger charge is -2.23. The Hall–Kier alpha value is -2.69. The van der Waals surface area contributed by atoms with Crippen LogP contribution in [0.1, 0.15) is 39.9 Å². The molecule has 0 bridgehead atoms. The quantitative estimate of drug-likeness (QED) is 0.865. The molecule has 1 saturated carbocycles. The van der Waals surface area contributed by atoms with Crippen molar-refractivity contribution in [3.63, 3.8) is 0 Å². The zero-order valence-electron chi connectivity index (χ0n) is 15.1. The first-order chi connectivity index (χ1) is 12.5. The first-order valence-corrected chi connectivity index (χ1v) is 8.84. The lowest BCUT2D eigenvalue weighted by atomic mass is 10.1. The maximum Gasteiger partial charge on any atom is 0.251 e. The molecule has 3 rings (SSSR count). The molecule has 0 spiro atoms. The van der Waals surface area contributed by atoms with Gasteiger partial charge in [0.25, 0.3) is 5.91 Å². The highest BCUT2D eigenvalue weighted by molar-refractivity contribution is 5.96. The lowest BCUT2D eigenvalue weighted by Crippen LogP contribution is -2.41. The molecule has 1 aliphatic carbocycles. The van der Waals surface area contributed by atoms with Crippen LogP contribution >= 0.6 is 0 Å². The Morgan fingerprint density at radius 2 is 1.85 bits per heavy atom. The minimum Gasteiger partial charge on any atom is -0.343 e. The smallest absolute Gasteiger partial charge is 0.251 e. The molecule has 1 fully saturated rings. The summed E-state index contributed by atoms with van der Waals surface area (Å²) < 4.78 is 13.9. The van der Waals surface area contributed by atoms with E-state index in [1.54, 1.807) is 29.2 Å². The van der Waals surface area contributed by atoms with E-state index in [0.717, 1.165) is 24.0 Å². The molecule has 26 heavy (non-hydrogen) atoms. The second kappa shape index (κ2) is 7.68. The van der Waals surface area contributed by atoms with Crippen molar-refractivity contribution in [1.82, 2.24) is 10.2 Å². The van der Waals surface area contributed by atoms with Gasteiger partial charge in [0.05, 0.1) is 6.54 Å². The number of halogens is 1. The van der Waals surface area contributed by atoms with Gasteiger partial charge in [-0.05, 0) is 56.0 Å². The molecule has 1 N–H and O–H groups in total. The van der Waals surface area contributed by atoms with Gasteiger partial charge >= 0.3 is 0 Å². The van der Waals surface area contributed by atoms with Crippen LogP contribution in [0.4, 0.5) is 4.39 Å². The molecule has 0 aromatic heterocycles. The molecule has 4 nitrogen and oxygen atoms in total. The third-order valence-electron chi connectivity index (χ3n) is 4.78. The van der Waals surface area contributed by atoms with Gasteiger partial charge in [-0.1, -0.05) is 24.3 Å². The van der Waals surface area contributed by atoms with Gasteiger partial charge in [0.1, 0.15) is 5.82 Å². The molecule has 136 valence electrons. The van der Waals surface area contributed by atoms with Crippen LogP contribution in [0.3, 0.4) is 0 Å². The predicted octanol–water partition coefficient (Wildman–Crippen LogP) is 3.36. The minimum atomic E-state index is -0.315. The van der Waals surface area contributed by atoms with Crippen molar-refractivity contribution in [1.29, 1.82) is 0 Å². The number of amides is 2. The molecular formula is C21H23FN2O2. The summed E-state index contributed by atoms with van der Waals surface area (Å²) in [7, 11) is 0. The fourth-order valence-corrected chi connectivity index (χ4v) is 2.86. The molecule has 0 atom stereocenters.